The summed E-state index contributed by atoms with van der Waals surface area (Å²) in [4.78, 5) is 12.7. The second kappa shape index (κ2) is 10.2. The van der Waals surface area contributed by atoms with Crippen molar-refractivity contribution in [3.05, 3.63) is 80.0 Å². The molecule has 0 amide bonds. The summed E-state index contributed by atoms with van der Waals surface area (Å²) in [7, 11) is 0. The van der Waals surface area contributed by atoms with Gasteiger partial charge in [-0.3, -0.25) is 0 Å². The first-order chi connectivity index (χ1) is 19.8. The Labute approximate surface area is 285 Å². The quantitative estimate of drug-likeness (QED) is 0.264. The molecule has 0 aliphatic heterocycles. The Balaban J connectivity index is 0.953. The molecule has 4 fully saturated rings. The van der Waals surface area contributed by atoms with Crippen molar-refractivity contribution in [2.24, 2.45) is 17.3 Å². The zero-order valence-corrected chi connectivity index (χ0v) is 30.6. The molecule has 4 unspecified atom stereocenters. The SMILES string of the molecule is Cc1cc(Oc2cc(I)c(OCC(=O)OC34CC5CC6(O)CC6(C3)[C@@H]54)cc2I)ccc1[I-]c1ccc(C(C)(C)C)cc1. The van der Waals surface area contributed by atoms with E-state index in [1.54, 1.807) is 0 Å². The maximum atomic E-state index is 12.7. The fraction of sp³-hybridized carbons (Fsp3) is 0.441. The van der Waals surface area contributed by atoms with Crippen molar-refractivity contribution in [3.8, 4) is 17.2 Å². The molecule has 1 N–H and O–H groups in total. The summed E-state index contributed by atoms with van der Waals surface area (Å²) < 4.78 is 22.7. The summed E-state index contributed by atoms with van der Waals surface area (Å²) in [5.74, 6) is 2.76. The fourth-order valence-electron chi connectivity index (χ4n) is 7.89. The molecule has 3 aromatic carbocycles. The number of benzene rings is 3. The van der Waals surface area contributed by atoms with Gasteiger partial charge in [0.15, 0.2) is 0 Å². The number of hydrogen-bond acceptors (Lipinski definition) is 5. The van der Waals surface area contributed by atoms with E-state index in [9.17, 15) is 9.90 Å². The fourth-order valence-corrected chi connectivity index (χ4v) is 11.4. The van der Waals surface area contributed by atoms with E-state index >= 15 is 0 Å². The number of rotatable bonds is 8. The Morgan fingerprint density at radius 1 is 1.00 bits per heavy atom. The number of ether oxygens (including phenoxy) is 3. The molecule has 42 heavy (non-hydrogen) atoms. The predicted octanol–water partition coefficient (Wildman–Crippen LogP) is 4.65. The molecule has 8 heteroatoms. The second-order valence-corrected chi connectivity index (χ2v) is 18.9. The van der Waals surface area contributed by atoms with Crippen LogP contribution in [0, 0.1) is 38.5 Å². The van der Waals surface area contributed by atoms with Gasteiger partial charge in [0.25, 0.3) is 0 Å². The van der Waals surface area contributed by atoms with E-state index in [4.69, 9.17) is 14.2 Å². The van der Waals surface area contributed by atoms with Gasteiger partial charge in [0.1, 0.15) is 5.60 Å². The summed E-state index contributed by atoms with van der Waals surface area (Å²) in [6.07, 6.45) is 3.48. The molecular weight excluding hydrogens is 869 g/mol. The summed E-state index contributed by atoms with van der Waals surface area (Å²) in [6.45, 7) is 8.77. The van der Waals surface area contributed by atoms with Gasteiger partial charge in [0, 0.05) is 11.3 Å². The van der Waals surface area contributed by atoms with Crippen LogP contribution in [0.5, 0.6) is 17.2 Å². The van der Waals surface area contributed by atoms with Crippen LogP contribution in [0.15, 0.2) is 54.6 Å². The average Bonchev–Trinajstić information content (AvgIpc) is 3.46. The zero-order chi connectivity index (χ0) is 29.7. The van der Waals surface area contributed by atoms with Crippen LogP contribution in [0.2, 0.25) is 0 Å². The number of esters is 1. The van der Waals surface area contributed by atoms with Gasteiger partial charge in [-0.1, -0.05) is 0 Å². The topological polar surface area (TPSA) is 65.0 Å². The molecule has 4 saturated carbocycles. The van der Waals surface area contributed by atoms with E-state index < -0.39 is 5.60 Å². The van der Waals surface area contributed by atoms with E-state index in [1.807, 2.05) is 12.1 Å². The molecule has 3 aromatic rings. The number of aryl methyl sites for hydroxylation is 1. The molecule has 0 aromatic heterocycles. The minimum atomic E-state index is -0.469. The molecule has 4 aliphatic carbocycles. The van der Waals surface area contributed by atoms with Crippen molar-refractivity contribution >= 4 is 51.2 Å². The first kappa shape index (κ1) is 29.6. The monoisotopic (exact) mass is 903 g/mol. The van der Waals surface area contributed by atoms with Crippen molar-refractivity contribution in [1.82, 2.24) is 0 Å². The third-order valence-corrected chi connectivity index (χ3v) is 14.6. The molecule has 7 rings (SSSR count). The predicted molar refractivity (Wildman–Crippen MR) is 173 cm³/mol. The molecule has 0 saturated heterocycles. The molecule has 4 aliphatic rings. The number of aliphatic hydroxyl groups is 1. The molecule has 1 spiro atoms. The second-order valence-electron chi connectivity index (χ2n) is 13.6. The molecule has 5 atom stereocenters. The first-order valence-corrected chi connectivity index (χ1v) is 18.7. The number of carbonyl (C=O) groups is 1. The summed E-state index contributed by atoms with van der Waals surface area (Å²) in [5, 5.41) is 10.7. The van der Waals surface area contributed by atoms with Crippen LogP contribution in [0.4, 0.5) is 0 Å². The van der Waals surface area contributed by atoms with E-state index in [2.05, 4.69) is 115 Å². The van der Waals surface area contributed by atoms with Gasteiger partial charge in [-0.15, -0.1) is 0 Å². The van der Waals surface area contributed by atoms with Crippen LogP contribution < -0.4 is 30.7 Å². The third-order valence-electron chi connectivity index (χ3n) is 9.79. The Morgan fingerprint density at radius 3 is 2.40 bits per heavy atom. The summed E-state index contributed by atoms with van der Waals surface area (Å²) >= 11 is 4.20. The standard InChI is InChI=1S/C34H34I3O5/c1-19-11-23(9-10-26(19)37-22-7-5-21(6-8-22)31(2,3)4)41-28-13-24(35)27(12-25(28)36)40-16-29(38)42-33-14-20-15-34(39)18-32(34,17-33)30(20)33/h5-13,20,30,39H,14-18H2,1-4H3/q-1/t20?,30-,32?,33?,34?/m1/s1. The van der Waals surface area contributed by atoms with E-state index in [0.29, 0.717) is 17.6 Å². The Morgan fingerprint density at radius 2 is 1.71 bits per heavy atom. The van der Waals surface area contributed by atoms with Gasteiger partial charge in [0.05, 0.1) is 5.60 Å². The van der Waals surface area contributed by atoms with Crippen molar-refractivity contribution in [2.45, 2.75) is 70.0 Å². The molecule has 0 radical (unpaired) electrons. The Kier molecular flexibility index (Phi) is 7.18. The van der Waals surface area contributed by atoms with Gasteiger partial charge in [-0.05, 0) is 31.6 Å². The van der Waals surface area contributed by atoms with Crippen molar-refractivity contribution in [2.75, 3.05) is 6.61 Å². The molecule has 0 bridgehead atoms. The molecular formula is C34H34I3O5-. The minimum absolute atomic E-state index is 0.0527. The van der Waals surface area contributed by atoms with E-state index in [-0.39, 0.29) is 50.2 Å². The van der Waals surface area contributed by atoms with Crippen molar-refractivity contribution in [1.29, 1.82) is 0 Å². The summed E-state index contributed by atoms with van der Waals surface area (Å²) in [5.41, 5.74) is 2.00. The molecule has 5 nitrogen and oxygen atoms in total. The third kappa shape index (κ3) is 4.88. The van der Waals surface area contributed by atoms with Gasteiger partial charge in [0.2, 0.25) is 0 Å². The Hall–Kier alpha value is -1.12. The van der Waals surface area contributed by atoms with Gasteiger partial charge >= 0.3 is 219 Å². The van der Waals surface area contributed by atoms with Crippen LogP contribution in [-0.4, -0.2) is 28.9 Å². The first-order valence-electron chi connectivity index (χ1n) is 14.4. The number of carbonyl (C=O) groups excluding carboxylic acids is 1. The van der Waals surface area contributed by atoms with Crippen LogP contribution >= 0.6 is 45.2 Å². The summed E-state index contributed by atoms with van der Waals surface area (Å²) in [6, 6.07) is 19.3. The zero-order valence-electron chi connectivity index (χ0n) is 24.1. The van der Waals surface area contributed by atoms with Crippen LogP contribution in [0.1, 0.15) is 57.6 Å². The normalized spacial score (nSPS) is 30.1. The van der Waals surface area contributed by atoms with E-state index in [1.165, 1.54) is 18.3 Å². The average molecular weight is 903 g/mol. The van der Waals surface area contributed by atoms with Crippen molar-refractivity contribution in [3.63, 3.8) is 0 Å². The van der Waals surface area contributed by atoms with Gasteiger partial charge in [-0.2, -0.15) is 0 Å². The van der Waals surface area contributed by atoms with Crippen LogP contribution in [0.25, 0.3) is 0 Å². The van der Waals surface area contributed by atoms with Crippen molar-refractivity contribution < 1.29 is 45.3 Å². The van der Waals surface area contributed by atoms with E-state index in [0.717, 1.165) is 44.3 Å². The molecule has 222 valence electrons. The van der Waals surface area contributed by atoms with Crippen LogP contribution in [-0.2, 0) is 14.9 Å². The Bertz CT molecular complexity index is 1600. The molecule has 0 heterocycles. The van der Waals surface area contributed by atoms with Crippen LogP contribution in [0.3, 0.4) is 0 Å². The number of hydrogen-bond donors (Lipinski definition) is 1. The maximum absolute atomic E-state index is 12.7. The van der Waals surface area contributed by atoms with Gasteiger partial charge < -0.3 is 9.84 Å². The number of halogens is 3. The van der Waals surface area contributed by atoms with Gasteiger partial charge in [-0.25, -0.2) is 4.79 Å².